The van der Waals surface area contributed by atoms with Crippen molar-refractivity contribution in [2.45, 2.75) is 43.5 Å². The number of rotatable bonds is 5. The Hall–Kier alpha value is -2.74. The van der Waals surface area contributed by atoms with Crippen LogP contribution >= 0.6 is 0 Å². The molecule has 1 aliphatic heterocycles. The second kappa shape index (κ2) is 8.55. The predicted molar refractivity (Wildman–Crippen MR) is 114 cm³/mol. The monoisotopic (exact) mass is 430 g/mol. The zero-order valence-electron chi connectivity index (χ0n) is 16.9. The van der Waals surface area contributed by atoms with E-state index >= 15 is 0 Å². The van der Waals surface area contributed by atoms with Gasteiger partial charge in [0.1, 0.15) is 13.2 Å². The van der Waals surface area contributed by atoms with Crippen LogP contribution in [0.5, 0.6) is 11.5 Å². The third-order valence-electron chi connectivity index (χ3n) is 5.55. The van der Waals surface area contributed by atoms with Gasteiger partial charge in [0, 0.05) is 23.4 Å². The van der Waals surface area contributed by atoms with Crippen LogP contribution < -0.4 is 19.5 Å². The molecule has 0 unspecified atom stereocenters. The Morgan fingerprint density at radius 1 is 0.967 bits per heavy atom. The Bertz CT molecular complexity index is 1030. The minimum Gasteiger partial charge on any atom is -0.486 e. The molecular formula is C22H26N2O5S. The molecule has 8 heteroatoms. The molecule has 0 atom stereocenters. The van der Waals surface area contributed by atoms with Crippen LogP contribution in [0, 0.1) is 5.92 Å². The largest absolute Gasteiger partial charge is 0.486 e. The van der Waals surface area contributed by atoms with Crippen molar-refractivity contribution in [1.29, 1.82) is 0 Å². The van der Waals surface area contributed by atoms with Crippen molar-refractivity contribution in [2.75, 3.05) is 17.9 Å². The highest BCUT2D eigenvalue weighted by atomic mass is 32.2. The Kier molecular flexibility index (Phi) is 5.85. The first-order valence-electron chi connectivity index (χ1n) is 10.2. The lowest BCUT2D eigenvalue weighted by molar-refractivity contribution is 0.0923. The van der Waals surface area contributed by atoms with Crippen LogP contribution in [0.2, 0.25) is 0 Å². The second-order valence-electron chi connectivity index (χ2n) is 7.92. The van der Waals surface area contributed by atoms with Crippen molar-refractivity contribution in [3.63, 3.8) is 0 Å². The van der Waals surface area contributed by atoms with E-state index in [2.05, 4.69) is 17.0 Å². The Morgan fingerprint density at radius 3 is 2.47 bits per heavy atom. The number of sulfonamides is 1. The summed E-state index contributed by atoms with van der Waals surface area (Å²) in [5, 5.41) is 3.07. The minimum absolute atomic E-state index is 0.0675. The lowest BCUT2D eigenvalue weighted by Gasteiger charge is -2.27. The molecular weight excluding hydrogens is 404 g/mol. The van der Waals surface area contributed by atoms with Crippen LogP contribution in [0.4, 0.5) is 5.69 Å². The van der Waals surface area contributed by atoms with Gasteiger partial charge in [-0.2, -0.15) is 0 Å². The zero-order valence-corrected chi connectivity index (χ0v) is 17.7. The minimum atomic E-state index is -3.84. The standard InChI is InChI=1S/C22H26N2O5S/c1-15-5-7-17(8-6-15)23-22(25)16-3-2-4-18(13-16)24-30(26,27)19-9-10-20-21(14-19)29-12-11-28-20/h2-4,9-10,13-15,17,24H,5-8,11-12H2,1H3,(H,23,25). The first-order valence-corrected chi connectivity index (χ1v) is 11.7. The molecule has 1 fully saturated rings. The van der Waals surface area contributed by atoms with Crippen LogP contribution in [0.25, 0.3) is 0 Å². The molecule has 160 valence electrons. The van der Waals surface area contributed by atoms with E-state index in [1.807, 2.05) is 0 Å². The summed E-state index contributed by atoms with van der Waals surface area (Å²) in [6, 6.07) is 11.2. The van der Waals surface area contributed by atoms with Gasteiger partial charge in [0.05, 0.1) is 4.90 Å². The average molecular weight is 431 g/mol. The highest BCUT2D eigenvalue weighted by Gasteiger charge is 2.22. The second-order valence-corrected chi connectivity index (χ2v) is 9.60. The summed E-state index contributed by atoms with van der Waals surface area (Å²) in [4.78, 5) is 12.7. The Morgan fingerprint density at radius 2 is 1.70 bits per heavy atom. The molecule has 7 nitrogen and oxygen atoms in total. The third kappa shape index (κ3) is 4.70. The van der Waals surface area contributed by atoms with Crippen molar-refractivity contribution in [1.82, 2.24) is 5.32 Å². The molecule has 2 aromatic carbocycles. The number of hydrogen-bond acceptors (Lipinski definition) is 5. The number of fused-ring (bicyclic) bond motifs is 1. The van der Waals surface area contributed by atoms with Gasteiger partial charge in [-0.15, -0.1) is 0 Å². The van der Waals surface area contributed by atoms with Crippen LogP contribution in [0.15, 0.2) is 47.4 Å². The molecule has 1 amide bonds. The number of amides is 1. The average Bonchev–Trinajstić information content (AvgIpc) is 2.75. The molecule has 0 bridgehead atoms. The fraction of sp³-hybridized carbons (Fsp3) is 0.409. The van der Waals surface area contributed by atoms with Gasteiger partial charge < -0.3 is 14.8 Å². The predicted octanol–water partition coefficient (Wildman–Crippen LogP) is 3.57. The molecule has 2 N–H and O–H groups in total. The molecule has 0 aromatic heterocycles. The maximum absolute atomic E-state index is 12.8. The van der Waals surface area contributed by atoms with Crippen LogP contribution in [0.1, 0.15) is 43.0 Å². The number of hydrogen-bond donors (Lipinski definition) is 2. The van der Waals surface area contributed by atoms with Crippen LogP contribution in [0.3, 0.4) is 0 Å². The van der Waals surface area contributed by atoms with Gasteiger partial charge in [-0.3, -0.25) is 9.52 Å². The quantitative estimate of drug-likeness (QED) is 0.756. The fourth-order valence-electron chi connectivity index (χ4n) is 3.80. The highest BCUT2D eigenvalue weighted by Crippen LogP contribution is 2.32. The van der Waals surface area contributed by atoms with Crippen LogP contribution in [-0.2, 0) is 10.0 Å². The van der Waals surface area contributed by atoms with Gasteiger partial charge in [0.15, 0.2) is 11.5 Å². The van der Waals surface area contributed by atoms with E-state index in [-0.39, 0.29) is 16.8 Å². The number of anilines is 1. The number of carbonyl (C=O) groups is 1. The zero-order chi connectivity index (χ0) is 21.1. The van der Waals surface area contributed by atoms with Crippen molar-refractivity contribution < 1.29 is 22.7 Å². The van der Waals surface area contributed by atoms with Gasteiger partial charge in [-0.25, -0.2) is 8.42 Å². The van der Waals surface area contributed by atoms with Crippen molar-refractivity contribution in [3.05, 3.63) is 48.0 Å². The normalized spacial score (nSPS) is 21.0. The van der Waals surface area contributed by atoms with E-state index in [0.717, 1.165) is 25.7 Å². The van der Waals surface area contributed by atoms with Gasteiger partial charge in [0.25, 0.3) is 15.9 Å². The molecule has 0 radical (unpaired) electrons. The van der Waals surface area contributed by atoms with Crippen molar-refractivity contribution in [3.8, 4) is 11.5 Å². The van der Waals surface area contributed by atoms with E-state index < -0.39 is 10.0 Å². The molecule has 30 heavy (non-hydrogen) atoms. The molecule has 4 rings (SSSR count). The third-order valence-corrected chi connectivity index (χ3v) is 6.93. The van der Waals surface area contributed by atoms with Gasteiger partial charge in [0.2, 0.25) is 0 Å². The lowest BCUT2D eigenvalue weighted by atomic mass is 9.87. The Labute approximate surface area is 176 Å². The summed E-state index contributed by atoms with van der Waals surface area (Å²) in [7, 11) is -3.84. The summed E-state index contributed by atoms with van der Waals surface area (Å²) < 4.78 is 39.1. The van der Waals surface area contributed by atoms with E-state index in [1.165, 1.54) is 12.1 Å². The molecule has 1 aliphatic carbocycles. The highest BCUT2D eigenvalue weighted by molar-refractivity contribution is 7.92. The summed E-state index contributed by atoms with van der Waals surface area (Å²) in [5.74, 6) is 1.45. The summed E-state index contributed by atoms with van der Waals surface area (Å²) >= 11 is 0. The first kappa shape index (κ1) is 20.5. The van der Waals surface area contributed by atoms with E-state index in [4.69, 9.17) is 9.47 Å². The number of carbonyl (C=O) groups excluding carboxylic acids is 1. The summed E-state index contributed by atoms with van der Waals surface area (Å²) in [6.07, 6.45) is 4.17. The van der Waals surface area contributed by atoms with Gasteiger partial charge in [-0.05, 0) is 61.9 Å². The maximum Gasteiger partial charge on any atom is 0.262 e. The van der Waals surface area contributed by atoms with Crippen molar-refractivity contribution >= 4 is 21.6 Å². The molecule has 1 heterocycles. The fourth-order valence-corrected chi connectivity index (χ4v) is 4.87. The molecule has 1 saturated carbocycles. The summed E-state index contributed by atoms with van der Waals surface area (Å²) in [6.45, 7) is 3.04. The molecule has 2 aromatic rings. The van der Waals surface area contributed by atoms with E-state index in [0.29, 0.717) is 41.9 Å². The maximum atomic E-state index is 12.8. The summed E-state index contributed by atoms with van der Waals surface area (Å²) in [5.41, 5.74) is 0.755. The molecule has 2 aliphatic rings. The van der Waals surface area contributed by atoms with Gasteiger partial charge >= 0.3 is 0 Å². The van der Waals surface area contributed by atoms with E-state index in [9.17, 15) is 13.2 Å². The lowest BCUT2D eigenvalue weighted by Crippen LogP contribution is -2.37. The number of ether oxygens (including phenoxy) is 2. The first-order chi connectivity index (χ1) is 14.4. The SMILES string of the molecule is CC1CCC(NC(=O)c2cccc(NS(=O)(=O)c3ccc4c(c3)OCCO4)c2)CC1. The Balaban J connectivity index is 1.46. The van der Waals surface area contributed by atoms with Crippen molar-refractivity contribution in [2.24, 2.45) is 5.92 Å². The topological polar surface area (TPSA) is 93.7 Å². The number of benzene rings is 2. The number of nitrogens with one attached hydrogen (secondary N) is 2. The molecule has 0 saturated heterocycles. The van der Waals surface area contributed by atoms with E-state index in [1.54, 1.807) is 30.3 Å². The van der Waals surface area contributed by atoms with Gasteiger partial charge in [-0.1, -0.05) is 13.0 Å². The molecule has 0 spiro atoms. The van der Waals surface area contributed by atoms with Crippen LogP contribution in [-0.4, -0.2) is 33.6 Å². The smallest absolute Gasteiger partial charge is 0.262 e.